The molecule has 1 atom stereocenters. The summed E-state index contributed by atoms with van der Waals surface area (Å²) in [6, 6.07) is 8.89. The largest absolute Gasteiger partial charge is 0.377 e. The molecule has 1 aliphatic heterocycles. The predicted molar refractivity (Wildman–Crippen MR) is 61.8 cm³/mol. The summed E-state index contributed by atoms with van der Waals surface area (Å²) < 4.78 is 6.54. The molecule has 0 saturated carbocycles. The molecule has 0 aromatic heterocycles. The van der Waals surface area contributed by atoms with E-state index in [9.17, 15) is 0 Å². The number of ether oxygens (including phenoxy) is 1. The minimum Gasteiger partial charge on any atom is -0.377 e. The van der Waals surface area contributed by atoms with Gasteiger partial charge in [0, 0.05) is 22.7 Å². The Balaban J connectivity index is 2.20. The zero-order valence-corrected chi connectivity index (χ0v) is 9.83. The summed E-state index contributed by atoms with van der Waals surface area (Å²) in [4.78, 5) is 2.38. The Labute approximate surface area is 93.0 Å². The van der Waals surface area contributed by atoms with Crippen molar-refractivity contribution in [2.75, 3.05) is 24.7 Å². The Kier molecular flexibility index (Phi) is 3.08. The van der Waals surface area contributed by atoms with Gasteiger partial charge in [0.2, 0.25) is 0 Å². The van der Waals surface area contributed by atoms with Crippen LogP contribution in [0.3, 0.4) is 0 Å². The highest BCUT2D eigenvalue weighted by Crippen LogP contribution is 2.23. The average Bonchev–Trinajstić information content (AvgIpc) is 2.18. The van der Waals surface area contributed by atoms with E-state index in [4.69, 9.17) is 4.74 Å². The highest BCUT2D eigenvalue weighted by Gasteiger charge is 2.18. The van der Waals surface area contributed by atoms with E-state index in [2.05, 4.69) is 52.0 Å². The maximum Gasteiger partial charge on any atom is 0.0668 e. The molecule has 1 fully saturated rings. The first-order chi connectivity index (χ1) is 6.77. The highest BCUT2D eigenvalue weighted by atomic mass is 79.9. The second-order valence-electron chi connectivity index (χ2n) is 3.60. The molecule has 0 spiro atoms. The fraction of sp³-hybridized carbons (Fsp3) is 0.455. The Bertz CT molecular complexity index is 316. The fourth-order valence-electron chi connectivity index (χ4n) is 1.77. The number of benzene rings is 1. The number of hydrogen-bond acceptors (Lipinski definition) is 2. The van der Waals surface area contributed by atoms with E-state index in [0.29, 0.717) is 6.04 Å². The number of nitrogens with zero attached hydrogens (tertiary/aromatic N) is 1. The molecule has 0 radical (unpaired) electrons. The Morgan fingerprint density at radius 2 is 2.36 bits per heavy atom. The normalized spacial score (nSPS) is 22.4. The van der Waals surface area contributed by atoms with Crippen LogP contribution in [-0.2, 0) is 4.74 Å². The van der Waals surface area contributed by atoms with E-state index < -0.39 is 0 Å². The molecule has 0 N–H and O–H groups in total. The summed E-state index contributed by atoms with van der Waals surface area (Å²) in [5, 5.41) is 0. The molecule has 0 amide bonds. The van der Waals surface area contributed by atoms with Crippen LogP contribution >= 0.6 is 15.9 Å². The second kappa shape index (κ2) is 4.32. The third-order valence-corrected chi connectivity index (χ3v) is 3.00. The third-order valence-electron chi connectivity index (χ3n) is 2.51. The predicted octanol–water partition coefficient (Wildman–Crippen LogP) is 2.67. The van der Waals surface area contributed by atoms with E-state index in [1.54, 1.807) is 0 Å². The topological polar surface area (TPSA) is 12.5 Å². The van der Waals surface area contributed by atoms with Crippen LogP contribution < -0.4 is 4.90 Å². The minimum atomic E-state index is 0.470. The van der Waals surface area contributed by atoms with E-state index in [-0.39, 0.29) is 0 Å². The molecule has 3 heteroatoms. The lowest BCUT2D eigenvalue weighted by Gasteiger charge is -2.35. The van der Waals surface area contributed by atoms with Crippen molar-refractivity contribution in [1.82, 2.24) is 0 Å². The van der Waals surface area contributed by atoms with Crippen LogP contribution in [0.4, 0.5) is 5.69 Å². The van der Waals surface area contributed by atoms with Crippen LogP contribution in [0.1, 0.15) is 6.92 Å². The Hall–Kier alpha value is -0.540. The lowest BCUT2D eigenvalue weighted by atomic mass is 10.2. The van der Waals surface area contributed by atoms with Crippen LogP contribution in [0.25, 0.3) is 0 Å². The number of rotatable bonds is 1. The first-order valence-corrected chi connectivity index (χ1v) is 5.66. The van der Waals surface area contributed by atoms with Gasteiger partial charge in [-0.15, -0.1) is 0 Å². The van der Waals surface area contributed by atoms with Gasteiger partial charge in [-0.1, -0.05) is 22.0 Å². The molecule has 76 valence electrons. The minimum absolute atomic E-state index is 0.470. The molecule has 14 heavy (non-hydrogen) atoms. The number of hydrogen-bond donors (Lipinski definition) is 0. The molecular formula is C11H14BrNO. The third kappa shape index (κ3) is 2.10. The van der Waals surface area contributed by atoms with Crippen LogP contribution in [0.5, 0.6) is 0 Å². The molecule has 1 aliphatic rings. The maximum absolute atomic E-state index is 5.41. The molecule has 2 rings (SSSR count). The summed E-state index contributed by atoms with van der Waals surface area (Å²) in [6.07, 6.45) is 0. The van der Waals surface area contributed by atoms with E-state index in [1.165, 1.54) is 5.69 Å². The van der Waals surface area contributed by atoms with Gasteiger partial charge >= 0.3 is 0 Å². The summed E-state index contributed by atoms with van der Waals surface area (Å²) in [6.45, 7) is 4.83. The van der Waals surface area contributed by atoms with Crippen molar-refractivity contribution in [2.24, 2.45) is 0 Å². The second-order valence-corrected chi connectivity index (χ2v) is 4.51. The summed E-state index contributed by atoms with van der Waals surface area (Å²) in [5.41, 5.74) is 1.27. The van der Waals surface area contributed by atoms with Crippen molar-refractivity contribution in [3.05, 3.63) is 28.7 Å². The Morgan fingerprint density at radius 3 is 3.07 bits per heavy atom. The van der Waals surface area contributed by atoms with Gasteiger partial charge in [0.25, 0.3) is 0 Å². The van der Waals surface area contributed by atoms with Crippen molar-refractivity contribution < 1.29 is 4.74 Å². The first-order valence-electron chi connectivity index (χ1n) is 4.87. The van der Waals surface area contributed by atoms with Gasteiger partial charge in [-0.05, 0) is 25.1 Å². The molecule has 2 nitrogen and oxygen atoms in total. The monoisotopic (exact) mass is 255 g/mol. The molecule has 0 unspecified atom stereocenters. The van der Waals surface area contributed by atoms with Crippen molar-refractivity contribution in [3.63, 3.8) is 0 Å². The SMILES string of the molecule is C[C@@H]1COCCN1c1cccc(Br)c1. The van der Waals surface area contributed by atoms with E-state index >= 15 is 0 Å². The number of morpholine rings is 1. The van der Waals surface area contributed by atoms with Gasteiger partial charge < -0.3 is 9.64 Å². The van der Waals surface area contributed by atoms with Crippen molar-refractivity contribution in [2.45, 2.75) is 13.0 Å². The maximum atomic E-state index is 5.41. The van der Waals surface area contributed by atoms with Gasteiger partial charge in [0.05, 0.1) is 13.2 Å². The molecule has 1 aromatic rings. The summed E-state index contributed by atoms with van der Waals surface area (Å²) in [7, 11) is 0. The summed E-state index contributed by atoms with van der Waals surface area (Å²) in [5.74, 6) is 0. The van der Waals surface area contributed by atoms with E-state index in [0.717, 1.165) is 24.2 Å². The van der Waals surface area contributed by atoms with Gasteiger partial charge in [-0.3, -0.25) is 0 Å². The van der Waals surface area contributed by atoms with E-state index in [1.807, 2.05) is 0 Å². The van der Waals surface area contributed by atoms with Crippen molar-refractivity contribution in [3.8, 4) is 0 Å². The smallest absolute Gasteiger partial charge is 0.0668 e. The average molecular weight is 256 g/mol. The van der Waals surface area contributed by atoms with Crippen molar-refractivity contribution >= 4 is 21.6 Å². The summed E-state index contributed by atoms with van der Waals surface area (Å²) >= 11 is 3.49. The molecule has 1 heterocycles. The lowest BCUT2D eigenvalue weighted by molar-refractivity contribution is 0.0989. The number of anilines is 1. The van der Waals surface area contributed by atoms with Crippen LogP contribution in [0, 0.1) is 0 Å². The molecule has 1 saturated heterocycles. The zero-order valence-electron chi connectivity index (χ0n) is 8.24. The zero-order chi connectivity index (χ0) is 9.97. The van der Waals surface area contributed by atoms with Crippen LogP contribution in [0.2, 0.25) is 0 Å². The standard InChI is InChI=1S/C11H14BrNO/c1-9-8-14-6-5-13(9)11-4-2-3-10(12)7-11/h2-4,7,9H,5-6,8H2,1H3/t9-/m1/s1. The molecular weight excluding hydrogens is 242 g/mol. The van der Waals surface area contributed by atoms with Crippen LogP contribution in [0.15, 0.2) is 28.7 Å². The quantitative estimate of drug-likeness (QED) is 0.766. The van der Waals surface area contributed by atoms with Crippen molar-refractivity contribution in [1.29, 1.82) is 0 Å². The highest BCUT2D eigenvalue weighted by molar-refractivity contribution is 9.10. The van der Waals surface area contributed by atoms with Crippen LogP contribution in [-0.4, -0.2) is 25.8 Å². The van der Waals surface area contributed by atoms with Gasteiger partial charge in [0.1, 0.15) is 0 Å². The Morgan fingerprint density at radius 1 is 1.50 bits per heavy atom. The molecule has 1 aromatic carbocycles. The first kappa shape index (κ1) is 9.99. The molecule has 0 bridgehead atoms. The van der Waals surface area contributed by atoms with Gasteiger partial charge in [0.15, 0.2) is 0 Å². The van der Waals surface area contributed by atoms with Gasteiger partial charge in [-0.2, -0.15) is 0 Å². The fourth-order valence-corrected chi connectivity index (χ4v) is 2.15. The van der Waals surface area contributed by atoms with Gasteiger partial charge in [-0.25, -0.2) is 0 Å². The molecule has 0 aliphatic carbocycles. The lowest BCUT2D eigenvalue weighted by Crippen LogP contribution is -2.43. The number of halogens is 1.